The van der Waals surface area contributed by atoms with Gasteiger partial charge in [-0.1, -0.05) is 28.6 Å². The number of benzene rings is 2. The Balaban J connectivity index is 0.000000285. The van der Waals surface area contributed by atoms with Gasteiger partial charge in [-0.15, -0.1) is 24.3 Å². The number of carbonyl (C=O) groups is 1. The van der Waals surface area contributed by atoms with Crippen LogP contribution >= 0.6 is 0 Å². The van der Waals surface area contributed by atoms with Gasteiger partial charge in [0.15, 0.2) is 5.78 Å². The maximum atomic E-state index is 10.0. The van der Waals surface area contributed by atoms with Crippen molar-refractivity contribution < 1.29 is 34.4 Å². The molecule has 0 spiro atoms. The predicted octanol–water partition coefficient (Wildman–Crippen LogP) is 4.27. The molecule has 0 unspecified atom stereocenters. The largest absolute Gasteiger partial charge is 0.512 e. The van der Waals surface area contributed by atoms with Crippen LogP contribution in [-0.4, -0.2) is 15.9 Å². The third-order valence-electron chi connectivity index (χ3n) is 3.90. The van der Waals surface area contributed by atoms with Crippen molar-refractivity contribution in [1.82, 2.24) is 4.98 Å². The van der Waals surface area contributed by atoms with E-state index in [1.807, 2.05) is 18.3 Å². The van der Waals surface area contributed by atoms with E-state index in [2.05, 4.69) is 58.9 Å². The first-order valence-corrected chi connectivity index (χ1v) is 8.34. The molecule has 27 heavy (non-hydrogen) atoms. The van der Waals surface area contributed by atoms with Gasteiger partial charge in [-0.2, -0.15) is 0 Å². The minimum Gasteiger partial charge on any atom is -0.512 e. The van der Waals surface area contributed by atoms with Gasteiger partial charge in [0.1, 0.15) is 11.7 Å². The van der Waals surface area contributed by atoms with E-state index < -0.39 is 0 Å². The predicted molar refractivity (Wildman–Crippen MR) is 103 cm³/mol. The summed E-state index contributed by atoms with van der Waals surface area (Å²) in [6.07, 6.45) is 5.20. The third kappa shape index (κ3) is 4.57. The standard InChI is InChI=1S/C17H12N2.C5H8O2.Ir/c1-12-10-18-17-15-8-3-2-6-13(15)14-7-4-5-9-16(14)19(17)11-12;1-4(6)3-5(2)7;/h2-7,9-11H,1H3;3,6H,1-2H3;/b;4-3-;. The van der Waals surface area contributed by atoms with E-state index in [1.165, 1.54) is 36.2 Å². The van der Waals surface area contributed by atoms with Gasteiger partial charge in [0.2, 0.25) is 0 Å². The molecule has 4 rings (SSSR count). The number of aliphatic hydroxyl groups excluding tert-OH is 1. The van der Waals surface area contributed by atoms with Crippen molar-refractivity contribution in [3.63, 3.8) is 0 Å². The van der Waals surface area contributed by atoms with Crippen LogP contribution in [0.5, 0.6) is 0 Å². The number of carbonyl (C=O) groups excluding carboxylic acids is 1. The summed E-state index contributed by atoms with van der Waals surface area (Å²) in [6, 6.07) is 17.9. The van der Waals surface area contributed by atoms with E-state index in [0.717, 1.165) is 16.6 Å². The van der Waals surface area contributed by atoms with Crippen molar-refractivity contribution in [2.45, 2.75) is 20.8 Å². The Hall–Kier alpha value is -2.62. The Kier molecular flexibility index (Phi) is 6.78. The van der Waals surface area contributed by atoms with Gasteiger partial charge in [-0.25, -0.2) is 4.40 Å². The van der Waals surface area contributed by atoms with Gasteiger partial charge in [0.05, 0.1) is 12.0 Å². The first-order valence-electron chi connectivity index (χ1n) is 8.34. The van der Waals surface area contributed by atoms with Crippen LogP contribution in [0.2, 0.25) is 0 Å². The van der Waals surface area contributed by atoms with Crippen LogP contribution in [0, 0.1) is 13.0 Å². The van der Waals surface area contributed by atoms with Crippen molar-refractivity contribution in [2.75, 3.05) is 0 Å². The number of rotatable bonds is 1. The molecule has 5 heteroatoms. The molecule has 0 amide bonds. The molecule has 0 saturated heterocycles. The van der Waals surface area contributed by atoms with Crippen molar-refractivity contribution in [2.24, 2.45) is 0 Å². The fraction of sp³-hybridized carbons (Fsp3) is 0.136. The number of nitrogens with zero attached hydrogens (tertiary/aromatic N) is 2. The first kappa shape index (κ1) is 20.7. The quantitative estimate of drug-likeness (QED) is 0.130. The van der Waals surface area contributed by atoms with E-state index >= 15 is 0 Å². The van der Waals surface area contributed by atoms with Crippen molar-refractivity contribution in [3.8, 4) is 0 Å². The SMILES string of the molecule is CC(=O)/C=C(/C)O.Cc1cnc2c3[c-]cccc3c3ccccc3[n+]2c1.[Ir]. The molecule has 2 aromatic carbocycles. The number of aromatic nitrogens is 2. The fourth-order valence-corrected chi connectivity index (χ4v) is 2.94. The number of hydrogen-bond donors (Lipinski definition) is 1. The molecule has 0 aliphatic carbocycles. The Morgan fingerprint density at radius 2 is 1.85 bits per heavy atom. The third-order valence-corrected chi connectivity index (χ3v) is 3.90. The minimum absolute atomic E-state index is 0. The second-order valence-corrected chi connectivity index (χ2v) is 6.20. The van der Waals surface area contributed by atoms with Crippen LogP contribution in [0.15, 0.2) is 66.7 Å². The van der Waals surface area contributed by atoms with Crippen LogP contribution in [0.1, 0.15) is 19.4 Å². The molecular weight excluding hydrogens is 516 g/mol. The number of pyridine rings is 1. The van der Waals surface area contributed by atoms with E-state index in [4.69, 9.17) is 5.11 Å². The van der Waals surface area contributed by atoms with E-state index in [-0.39, 0.29) is 31.6 Å². The van der Waals surface area contributed by atoms with Gasteiger partial charge < -0.3 is 5.11 Å². The topological polar surface area (TPSA) is 54.3 Å². The summed E-state index contributed by atoms with van der Waals surface area (Å²) in [4.78, 5) is 14.6. The molecule has 0 aliphatic heterocycles. The van der Waals surface area contributed by atoms with Gasteiger partial charge in [0.25, 0.3) is 5.65 Å². The molecule has 2 heterocycles. The number of aryl methyl sites for hydroxylation is 1. The monoisotopic (exact) mass is 537 g/mol. The van der Waals surface area contributed by atoms with Crippen LogP contribution < -0.4 is 4.40 Å². The number of para-hydroxylation sites is 1. The van der Waals surface area contributed by atoms with Crippen LogP contribution in [-0.2, 0) is 24.9 Å². The number of aliphatic hydroxyl groups is 1. The smallest absolute Gasteiger partial charge is 0.254 e. The zero-order valence-corrected chi connectivity index (χ0v) is 17.8. The van der Waals surface area contributed by atoms with Crippen molar-refractivity contribution >= 4 is 33.1 Å². The van der Waals surface area contributed by atoms with Gasteiger partial charge in [-0.3, -0.25) is 4.79 Å². The number of ketones is 1. The molecule has 1 radical (unpaired) electrons. The Bertz CT molecular complexity index is 1110. The maximum Gasteiger partial charge on any atom is 0.254 e. The summed E-state index contributed by atoms with van der Waals surface area (Å²) in [5, 5.41) is 11.9. The molecule has 0 bridgehead atoms. The van der Waals surface area contributed by atoms with E-state index in [9.17, 15) is 4.79 Å². The summed E-state index contributed by atoms with van der Waals surface area (Å²) < 4.78 is 2.16. The van der Waals surface area contributed by atoms with Crippen molar-refractivity contribution in [3.05, 3.63) is 78.3 Å². The summed E-state index contributed by atoms with van der Waals surface area (Å²) in [5.74, 6) is -0.0625. The zero-order valence-electron chi connectivity index (χ0n) is 15.4. The summed E-state index contributed by atoms with van der Waals surface area (Å²) in [7, 11) is 0. The Morgan fingerprint density at radius 1 is 1.15 bits per heavy atom. The minimum atomic E-state index is -0.125. The fourth-order valence-electron chi connectivity index (χ4n) is 2.94. The summed E-state index contributed by atoms with van der Waals surface area (Å²) in [5.41, 5.74) is 3.29. The molecule has 0 aliphatic rings. The van der Waals surface area contributed by atoms with Crippen molar-refractivity contribution in [1.29, 1.82) is 0 Å². The number of allylic oxidation sites excluding steroid dienone is 2. The summed E-state index contributed by atoms with van der Waals surface area (Å²) in [6.45, 7) is 4.91. The number of hydrogen-bond acceptors (Lipinski definition) is 3. The Labute approximate surface area is 171 Å². The molecular formula is C22H20IrN2O2. The molecule has 139 valence electrons. The summed E-state index contributed by atoms with van der Waals surface area (Å²) >= 11 is 0. The number of fused-ring (bicyclic) bond motifs is 6. The van der Waals surface area contributed by atoms with Crippen LogP contribution in [0.3, 0.4) is 0 Å². The van der Waals surface area contributed by atoms with Gasteiger partial charge in [-0.05, 0) is 37.6 Å². The molecule has 4 aromatic rings. The molecule has 0 fully saturated rings. The Morgan fingerprint density at radius 3 is 2.52 bits per heavy atom. The van der Waals surface area contributed by atoms with Crippen LogP contribution in [0.25, 0.3) is 27.3 Å². The molecule has 4 nitrogen and oxygen atoms in total. The van der Waals surface area contributed by atoms with Crippen LogP contribution in [0.4, 0.5) is 0 Å². The van der Waals surface area contributed by atoms with Gasteiger partial charge >= 0.3 is 0 Å². The zero-order chi connectivity index (χ0) is 18.7. The van der Waals surface area contributed by atoms with Gasteiger partial charge in [0, 0.05) is 31.7 Å². The molecule has 2 aromatic heterocycles. The molecule has 1 N–H and O–H groups in total. The van der Waals surface area contributed by atoms with E-state index in [1.54, 1.807) is 0 Å². The maximum absolute atomic E-state index is 10.0. The molecule has 0 saturated carbocycles. The average Bonchev–Trinajstić information content (AvgIpc) is 2.61. The first-order chi connectivity index (χ1) is 12.5. The second-order valence-electron chi connectivity index (χ2n) is 6.20. The molecule has 0 atom stereocenters. The second kappa shape index (κ2) is 8.85. The van der Waals surface area contributed by atoms with E-state index in [0.29, 0.717) is 0 Å². The average molecular weight is 537 g/mol. The normalized spacial score (nSPS) is 11.0.